The Bertz CT molecular complexity index is 473. The van der Waals surface area contributed by atoms with Crippen LogP contribution in [0.4, 0.5) is 0 Å². The maximum absolute atomic E-state index is 12.3. The summed E-state index contributed by atoms with van der Waals surface area (Å²) < 4.78 is 10.3. The van der Waals surface area contributed by atoms with E-state index in [1.807, 2.05) is 44.2 Å². The van der Waals surface area contributed by atoms with Gasteiger partial charge in [-0.2, -0.15) is 0 Å². The fourth-order valence-electron chi connectivity index (χ4n) is 2.09. The van der Waals surface area contributed by atoms with Gasteiger partial charge in [0.05, 0.1) is 26.1 Å². The van der Waals surface area contributed by atoms with Gasteiger partial charge in [0.2, 0.25) is 5.91 Å². The maximum Gasteiger partial charge on any atom is 0.310 e. The van der Waals surface area contributed by atoms with Crippen molar-refractivity contribution >= 4 is 11.9 Å². The van der Waals surface area contributed by atoms with Crippen molar-refractivity contribution in [3.63, 3.8) is 0 Å². The Kier molecular flexibility index (Phi) is 7.43. The Hall–Kier alpha value is -2.04. The molecule has 1 aromatic carbocycles. The number of rotatable bonds is 8. The minimum atomic E-state index is -0.341. The van der Waals surface area contributed by atoms with E-state index in [9.17, 15) is 9.59 Å². The van der Waals surface area contributed by atoms with E-state index < -0.39 is 0 Å². The van der Waals surface area contributed by atoms with Crippen LogP contribution >= 0.6 is 0 Å². The molecule has 0 saturated heterocycles. The third kappa shape index (κ3) is 5.76. The molecule has 1 amide bonds. The Morgan fingerprint density at radius 1 is 1.14 bits per heavy atom. The molecule has 0 aliphatic heterocycles. The Labute approximate surface area is 132 Å². The quantitative estimate of drug-likeness (QED) is 0.692. The number of para-hydroxylation sites is 1. The van der Waals surface area contributed by atoms with E-state index in [0.717, 1.165) is 5.75 Å². The minimum Gasteiger partial charge on any atom is -0.493 e. The summed E-state index contributed by atoms with van der Waals surface area (Å²) >= 11 is 0. The molecule has 0 aliphatic rings. The van der Waals surface area contributed by atoms with Gasteiger partial charge in [-0.15, -0.1) is 0 Å². The largest absolute Gasteiger partial charge is 0.493 e. The molecule has 0 aliphatic carbocycles. The van der Waals surface area contributed by atoms with Crippen LogP contribution in [-0.2, 0) is 14.3 Å². The average Bonchev–Trinajstić information content (AvgIpc) is 2.52. The molecule has 5 heteroatoms. The number of methoxy groups -OCH3 is 1. The van der Waals surface area contributed by atoms with E-state index in [4.69, 9.17) is 9.47 Å². The van der Waals surface area contributed by atoms with Gasteiger partial charge in [0.1, 0.15) is 5.75 Å². The number of hydrogen-bond donors (Lipinski definition) is 0. The van der Waals surface area contributed by atoms with Gasteiger partial charge in [0.25, 0.3) is 0 Å². The van der Waals surface area contributed by atoms with Crippen LogP contribution in [0.15, 0.2) is 30.3 Å². The van der Waals surface area contributed by atoms with Crippen LogP contribution in [0, 0.1) is 5.92 Å². The predicted molar refractivity (Wildman–Crippen MR) is 84.6 cm³/mol. The number of ether oxygens (including phenoxy) is 2. The molecule has 122 valence electrons. The Morgan fingerprint density at radius 3 is 2.32 bits per heavy atom. The number of carbonyl (C=O) groups excluding carboxylic acids is 2. The lowest BCUT2D eigenvalue weighted by atomic mass is 10.1. The lowest BCUT2D eigenvalue weighted by Gasteiger charge is -2.28. The number of nitrogens with zero attached hydrogens (tertiary/aromatic N) is 1. The molecule has 5 nitrogen and oxygen atoms in total. The fraction of sp³-hybridized carbons (Fsp3) is 0.529. The molecule has 0 spiro atoms. The minimum absolute atomic E-state index is 0.0244. The lowest BCUT2D eigenvalue weighted by molar-refractivity contribution is -0.147. The molecule has 0 aromatic heterocycles. The second-order valence-electron chi connectivity index (χ2n) is 5.48. The van der Waals surface area contributed by atoms with E-state index in [2.05, 4.69) is 0 Å². The summed E-state index contributed by atoms with van der Waals surface area (Å²) in [6, 6.07) is 9.41. The van der Waals surface area contributed by atoms with Crippen LogP contribution in [-0.4, -0.2) is 43.1 Å². The molecular formula is C17H25NO4. The van der Waals surface area contributed by atoms with Crippen molar-refractivity contribution in [2.45, 2.75) is 33.2 Å². The molecule has 1 atom stereocenters. The summed E-state index contributed by atoms with van der Waals surface area (Å²) in [5, 5.41) is 0. The highest BCUT2D eigenvalue weighted by atomic mass is 16.5. The highest BCUT2D eigenvalue weighted by Gasteiger charge is 2.23. The molecule has 0 N–H and O–H groups in total. The maximum atomic E-state index is 12.3. The van der Waals surface area contributed by atoms with Gasteiger partial charge >= 0.3 is 5.97 Å². The summed E-state index contributed by atoms with van der Waals surface area (Å²) in [5.41, 5.74) is 0. The number of benzene rings is 1. The van der Waals surface area contributed by atoms with Gasteiger partial charge in [-0.3, -0.25) is 9.59 Å². The standard InChI is InChI=1S/C17H25NO4/c1-13(2)18(12-14(3)17(20)21-4)16(19)10-11-22-15-8-6-5-7-9-15/h5-9,13-14H,10-12H2,1-4H3. The fourth-order valence-corrected chi connectivity index (χ4v) is 2.09. The zero-order valence-electron chi connectivity index (χ0n) is 13.7. The SMILES string of the molecule is COC(=O)C(C)CN(C(=O)CCOc1ccccc1)C(C)C. The van der Waals surface area contributed by atoms with Crippen LogP contribution in [0.1, 0.15) is 27.2 Å². The summed E-state index contributed by atoms with van der Waals surface area (Å²) in [6.07, 6.45) is 0.279. The van der Waals surface area contributed by atoms with Crippen molar-refractivity contribution in [3.8, 4) is 5.75 Å². The second-order valence-corrected chi connectivity index (χ2v) is 5.48. The molecule has 0 fully saturated rings. The van der Waals surface area contributed by atoms with E-state index >= 15 is 0 Å². The van der Waals surface area contributed by atoms with Crippen LogP contribution in [0.2, 0.25) is 0 Å². The smallest absolute Gasteiger partial charge is 0.310 e. The third-order valence-electron chi connectivity index (χ3n) is 3.35. The predicted octanol–water partition coefficient (Wildman–Crippen LogP) is 2.50. The van der Waals surface area contributed by atoms with Crippen molar-refractivity contribution in [1.29, 1.82) is 0 Å². The number of esters is 1. The zero-order valence-corrected chi connectivity index (χ0v) is 13.7. The number of carbonyl (C=O) groups is 2. The van der Waals surface area contributed by atoms with Crippen molar-refractivity contribution < 1.29 is 19.1 Å². The summed E-state index contributed by atoms with van der Waals surface area (Å²) in [5.74, 6) is 0.0707. The summed E-state index contributed by atoms with van der Waals surface area (Å²) in [7, 11) is 1.36. The summed E-state index contributed by atoms with van der Waals surface area (Å²) in [6.45, 7) is 6.29. The van der Waals surface area contributed by atoms with E-state index in [0.29, 0.717) is 13.2 Å². The molecule has 1 aromatic rings. The highest BCUT2D eigenvalue weighted by molar-refractivity contribution is 5.78. The molecule has 0 bridgehead atoms. The number of amides is 1. The Balaban J connectivity index is 2.49. The number of hydrogen-bond acceptors (Lipinski definition) is 4. The first kappa shape index (κ1) is 18.0. The first-order valence-corrected chi connectivity index (χ1v) is 7.50. The van der Waals surface area contributed by atoms with Gasteiger partial charge in [-0.1, -0.05) is 25.1 Å². The first-order chi connectivity index (χ1) is 10.5. The first-order valence-electron chi connectivity index (χ1n) is 7.50. The monoisotopic (exact) mass is 307 g/mol. The van der Waals surface area contributed by atoms with Gasteiger partial charge in [-0.25, -0.2) is 0 Å². The van der Waals surface area contributed by atoms with Gasteiger partial charge in [0.15, 0.2) is 0 Å². The molecular weight excluding hydrogens is 282 g/mol. The lowest BCUT2D eigenvalue weighted by Crippen LogP contribution is -2.42. The van der Waals surface area contributed by atoms with Crippen LogP contribution < -0.4 is 4.74 Å². The average molecular weight is 307 g/mol. The van der Waals surface area contributed by atoms with Crippen molar-refractivity contribution in [3.05, 3.63) is 30.3 Å². The Morgan fingerprint density at radius 2 is 1.77 bits per heavy atom. The van der Waals surface area contributed by atoms with E-state index in [-0.39, 0.29) is 30.3 Å². The normalized spacial score (nSPS) is 11.9. The third-order valence-corrected chi connectivity index (χ3v) is 3.35. The zero-order chi connectivity index (χ0) is 16.5. The highest BCUT2D eigenvalue weighted by Crippen LogP contribution is 2.11. The molecule has 22 heavy (non-hydrogen) atoms. The van der Waals surface area contributed by atoms with Crippen molar-refractivity contribution in [1.82, 2.24) is 4.90 Å². The van der Waals surface area contributed by atoms with Crippen molar-refractivity contribution in [2.75, 3.05) is 20.3 Å². The van der Waals surface area contributed by atoms with E-state index in [1.165, 1.54) is 7.11 Å². The van der Waals surface area contributed by atoms with Crippen LogP contribution in [0.25, 0.3) is 0 Å². The summed E-state index contributed by atoms with van der Waals surface area (Å²) in [4.78, 5) is 25.5. The molecule has 0 saturated carbocycles. The van der Waals surface area contributed by atoms with Gasteiger partial charge in [-0.05, 0) is 26.0 Å². The molecule has 1 rings (SSSR count). The molecule has 0 radical (unpaired) electrons. The van der Waals surface area contributed by atoms with E-state index in [1.54, 1.807) is 11.8 Å². The van der Waals surface area contributed by atoms with Crippen molar-refractivity contribution in [2.24, 2.45) is 5.92 Å². The molecule has 1 unspecified atom stereocenters. The van der Waals surface area contributed by atoms with Crippen LogP contribution in [0.5, 0.6) is 5.75 Å². The topological polar surface area (TPSA) is 55.8 Å². The second kappa shape index (κ2) is 9.07. The van der Waals surface area contributed by atoms with Gasteiger partial charge in [0, 0.05) is 12.6 Å². The molecule has 0 heterocycles. The van der Waals surface area contributed by atoms with Crippen LogP contribution in [0.3, 0.4) is 0 Å². The van der Waals surface area contributed by atoms with Gasteiger partial charge < -0.3 is 14.4 Å².